The van der Waals surface area contributed by atoms with Crippen LogP contribution >= 0.6 is 23.2 Å². The topological polar surface area (TPSA) is 92.9 Å². The highest BCUT2D eigenvalue weighted by atomic mass is 35.5. The van der Waals surface area contributed by atoms with Gasteiger partial charge in [-0.3, -0.25) is 9.59 Å². The van der Waals surface area contributed by atoms with E-state index in [0.717, 1.165) is 30.5 Å². The van der Waals surface area contributed by atoms with Crippen molar-refractivity contribution in [3.63, 3.8) is 0 Å². The molecule has 0 atom stereocenters. The summed E-state index contributed by atoms with van der Waals surface area (Å²) in [5.74, 6) is 0.725. The number of hydrogen-bond donors (Lipinski definition) is 2. The molecular weight excluding hydrogens is 477 g/mol. The minimum absolute atomic E-state index is 0.0659. The van der Waals surface area contributed by atoms with Crippen LogP contribution in [0.4, 0.5) is 5.69 Å². The van der Waals surface area contributed by atoms with Crippen molar-refractivity contribution in [3.8, 4) is 5.75 Å². The SMILES string of the molecule is C/C(=N\NC(=O)c1ccc(COc2ccc(Cl)cc2Cl)o1)c1ccc(NC(=O)C2CCC2)cc1. The van der Waals surface area contributed by atoms with Gasteiger partial charge in [-0.05, 0) is 67.8 Å². The largest absolute Gasteiger partial charge is 0.484 e. The standard InChI is InChI=1S/C25H23Cl2N3O4/c1-15(16-5-8-19(9-6-16)28-24(31)17-3-2-4-17)29-30-25(32)23-12-10-20(34-23)14-33-22-11-7-18(26)13-21(22)27/h5-13,17H,2-4,14H2,1H3,(H,28,31)(H,30,32)/b29-15+. The number of anilines is 1. The molecule has 3 aromatic rings. The number of rotatable bonds is 8. The van der Waals surface area contributed by atoms with Crippen molar-refractivity contribution >= 4 is 46.4 Å². The molecule has 0 unspecified atom stereocenters. The predicted molar refractivity (Wildman–Crippen MR) is 132 cm³/mol. The Morgan fingerprint density at radius 2 is 1.85 bits per heavy atom. The first kappa shape index (κ1) is 23.9. The lowest BCUT2D eigenvalue weighted by molar-refractivity contribution is -0.122. The molecule has 0 aliphatic heterocycles. The maximum absolute atomic E-state index is 12.4. The number of hydrazone groups is 1. The van der Waals surface area contributed by atoms with Gasteiger partial charge >= 0.3 is 5.91 Å². The van der Waals surface area contributed by atoms with Crippen LogP contribution in [-0.4, -0.2) is 17.5 Å². The molecule has 7 nitrogen and oxygen atoms in total. The Morgan fingerprint density at radius 1 is 1.09 bits per heavy atom. The summed E-state index contributed by atoms with van der Waals surface area (Å²) in [4.78, 5) is 24.5. The van der Waals surface area contributed by atoms with Gasteiger partial charge in [-0.1, -0.05) is 41.8 Å². The van der Waals surface area contributed by atoms with Crippen molar-refractivity contribution in [1.82, 2.24) is 5.43 Å². The van der Waals surface area contributed by atoms with Crippen LogP contribution in [0.5, 0.6) is 5.75 Å². The van der Waals surface area contributed by atoms with E-state index in [1.807, 2.05) is 24.3 Å². The van der Waals surface area contributed by atoms with Crippen molar-refractivity contribution in [2.75, 3.05) is 5.32 Å². The zero-order valence-corrected chi connectivity index (χ0v) is 19.9. The molecule has 0 radical (unpaired) electrons. The predicted octanol–water partition coefficient (Wildman–Crippen LogP) is 6.06. The molecule has 4 rings (SSSR count). The van der Waals surface area contributed by atoms with Crippen LogP contribution in [0.3, 0.4) is 0 Å². The van der Waals surface area contributed by atoms with Crippen molar-refractivity contribution in [3.05, 3.63) is 81.7 Å². The summed E-state index contributed by atoms with van der Waals surface area (Å²) in [5.41, 5.74) is 4.65. The number of nitrogens with zero attached hydrogens (tertiary/aromatic N) is 1. The number of nitrogens with one attached hydrogen (secondary N) is 2. The van der Waals surface area contributed by atoms with Gasteiger partial charge in [0.1, 0.15) is 18.1 Å². The van der Waals surface area contributed by atoms with Crippen LogP contribution < -0.4 is 15.5 Å². The lowest BCUT2D eigenvalue weighted by Gasteiger charge is -2.24. The maximum atomic E-state index is 12.4. The van der Waals surface area contributed by atoms with Crippen molar-refractivity contribution < 1.29 is 18.7 Å². The van der Waals surface area contributed by atoms with E-state index in [4.69, 9.17) is 32.4 Å². The third kappa shape index (κ3) is 5.98. The van der Waals surface area contributed by atoms with Gasteiger partial charge in [-0.15, -0.1) is 0 Å². The number of halogens is 2. The van der Waals surface area contributed by atoms with Gasteiger partial charge in [-0.25, -0.2) is 5.43 Å². The fraction of sp³-hybridized carbons (Fsp3) is 0.240. The van der Waals surface area contributed by atoms with Gasteiger partial charge in [-0.2, -0.15) is 5.10 Å². The maximum Gasteiger partial charge on any atom is 0.307 e. The smallest absolute Gasteiger partial charge is 0.307 e. The number of benzene rings is 2. The number of hydrogen-bond acceptors (Lipinski definition) is 5. The molecule has 2 N–H and O–H groups in total. The molecule has 1 aliphatic carbocycles. The molecule has 0 bridgehead atoms. The number of carbonyl (C=O) groups excluding carboxylic acids is 2. The van der Waals surface area contributed by atoms with Gasteiger partial charge < -0.3 is 14.5 Å². The second kappa shape index (κ2) is 10.8. The van der Waals surface area contributed by atoms with Crippen molar-refractivity contribution in [2.24, 2.45) is 11.0 Å². The van der Waals surface area contributed by atoms with E-state index >= 15 is 0 Å². The highest BCUT2D eigenvalue weighted by molar-refractivity contribution is 6.35. The molecule has 2 amide bonds. The molecule has 1 aliphatic rings. The monoisotopic (exact) mass is 499 g/mol. The minimum Gasteiger partial charge on any atom is -0.484 e. The van der Waals surface area contributed by atoms with Crippen LogP contribution in [0.15, 0.2) is 64.1 Å². The average molecular weight is 500 g/mol. The molecular formula is C25H23Cl2N3O4. The molecule has 1 saturated carbocycles. The Hall–Kier alpha value is -3.29. The first-order valence-electron chi connectivity index (χ1n) is 10.8. The summed E-state index contributed by atoms with van der Waals surface area (Å²) in [6, 6.07) is 15.4. The highest BCUT2D eigenvalue weighted by Gasteiger charge is 2.25. The summed E-state index contributed by atoms with van der Waals surface area (Å²) < 4.78 is 11.2. The van der Waals surface area contributed by atoms with Gasteiger partial charge in [0, 0.05) is 16.6 Å². The lowest BCUT2D eigenvalue weighted by atomic mass is 9.85. The fourth-order valence-electron chi connectivity index (χ4n) is 3.28. The van der Waals surface area contributed by atoms with Crippen molar-refractivity contribution in [1.29, 1.82) is 0 Å². The lowest BCUT2D eigenvalue weighted by Crippen LogP contribution is -2.28. The van der Waals surface area contributed by atoms with Crippen LogP contribution in [0, 0.1) is 5.92 Å². The fourth-order valence-corrected chi connectivity index (χ4v) is 3.75. The first-order chi connectivity index (χ1) is 16.4. The quantitative estimate of drug-likeness (QED) is 0.291. The summed E-state index contributed by atoms with van der Waals surface area (Å²) in [6.45, 7) is 1.88. The Bertz CT molecular complexity index is 1220. The highest BCUT2D eigenvalue weighted by Crippen LogP contribution is 2.29. The van der Waals surface area contributed by atoms with Crippen LogP contribution in [0.2, 0.25) is 10.0 Å². The first-order valence-corrected chi connectivity index (χ1v) is 11.6. The molecule has 0 spiro atoms. The molecule has 0 saturated heterocycles. The Morgan fingerprint density at radius 3 is 2.53 bits per heavy atom. The number of ether oxygens (including phenoxy) is 1. The number of furan rings is 1. The Kier molecular flexibility index (Phi) is 7.55. The van der Waals surface area contributed by atoms with Gasteiger partial charge in [0.05, 0.1) is 10.7 Å². The van der Waals surface area contributed by atoms with E-state index in [9.17, 15) is 9.59 Å². The second-order valence-corrected chi connectivity index (χ2v) is 8.81. The van der Waals surface area contributed by atoms with E-state index in [1.165, 1.54) is 0 Å². The molecule has 176 valence electrons. The number of carbonyl (C=O) groups is 2. The summed E-state index contributed by atoms with van der Waals surface area (Å²) in [6.07, 6.45) is 3.02. The van der Waals surface area contributed by atoms with Crippen LogP contribution in [0.25, 0.3) is 0 Å². The average Bonchev–Trinajstić information content (AvgIpc) is 3.25. The van der Waals surface area contributed by atoms with Gasteiger partial charge in [0.2, 0.25) is 5.91 Å². The molecule has 1 heterocycles. The summed E-state index contributed by atoms with van der Waals surface area (Å²) in [7, 11) is 0. The van der Waals surface area contributed by atoms with Gasteiger partial charge in [0.15, 0.2) is 5.76 Å². The van der Waals surface area contributed by atoms with E-state index in [2.05, 4.69) is 15.8 Å². The summed E-state index contributed by atoms with van der Waals surface area (Å²) >= 11 is 12.0. The minimum atomic E-state index is -0.487. The Balaban J connectivity index is 1.29. The van der Waals surface area contributed by atoms with Gasteiger partial charge in [0.25, 0.3) is 0 Å². The number of amides is 2. The Labute approximate surface area is 207 Å². The summed E-state index contributed by atoms with van der Waals surface area (Å²) in [5, 5.41) is 7.96. The van der Waals surface area contributed by atoms with Crippen molar-refractivity contribution in [2.45, 2.75) is 32.8 Å². The van der Waals surface area contributed by atoms with E-state index in [1.54, 1.807) is 37.3 Å². The van der Waals surface area contributed by atoms with E-state index in [0.29, 0.717) is 27.3 Å². The molecule has 1 aromatic heterocycles. The zero-order valence-electron chi connectivity index (χ0n) is 18.4. The third-order valence-corrected chi connectivity index (χ3v) is 6.05. The van der Waals surface area contributed by atoms with E-state index in [-0.39, 0.29) is 24.2 Å². The molecule has 1 fully saturated rings. The molecule has 2 aromatic carbocycles. The van der Waals surface area contributed by atoms with Crippen LogP contribution in [0.1, 0.15) is 48.1 Å². The zero-order chi connectivity index (χ0) is 24.1. The van der Waals surface area contributed by atoms with E-state index < -0.39 is 5.91 Å². The third-order valence-electron chi connectivity index (χ3n) is 5.52. The molecule has 9 heteroatoms. The second-order valence-electron chi connectivity index (χ2n) is 7.96. The molecule has 34 heavy (non-hydrogen) atoms. The van der Waals surface area contributed by atoms with Crippen LogP contribution in [-0.2, 0) is 11.4 Å². The normalized spacial score (nSPS) is 13.8.